The molecular weight excluding hydrogens is 371 g/mol. The number of rotatable bonds is 26. The minimum Gasteiger partial charge on any atom is -0.379 e. The molecule has 0 spiro atoms. The van der Waals surface area contributed by atoms with Crippen molar-refractivity contribution in [1.29, 1.82) is 0 Å². The predicted molar refractivity (Wildman–Crippen MR) is 120 cm³/mol. The van der Waals surface area contributed by atoms with Crippen LogP contribution in [-0.2, 0) is 18.9 Å². The molecule has 0 N–H and O–H groups in total. The molecule has 0 radical (unpaired) electrons. The fourth-order valence-electron chi connectivity index (χ4n) is 3.22. The number of ether oxygens (including phenoxy) is 4. The molecule has 0 aliphatic heterocycles. The zero-order valence-electron chi connectivity index (χ0n) is 19.3. The quantitative estimate of drug-likeness (QED) is 0.150. The third-order valence-electron chi connectivity index (χ3n) is 4.98. The molecule has 0 aromatic heterocycles. The highest BCUT2D eigenvalue weighted by Crippen LogP contribution is 2.12. The van der Waals surface area contributed by atoms with Gasteiger partial charge in [0.2, 0.25) is 0 Å². The van der Waals surface area contributed by atoms with Gasteiger partial charge in [-0.25, -0.2) is 4.39 Å². The Morgan fingerprint density at radius 2 is 0.690 bits per heavy atom. The van der Waals surface area contributed by atoms with E-state index in [4.69, 9.17) is 18.9 Å². The number of alkyl halides is 1. The fourth-order valence-corrected chi connectivity index (χ4v) is 3.22. The van der Waals surface area contributed by atoms with Crippen LogP contribution in [0.5, 0.6) is 0 Å². The Kier molecular flexibility index (Phi) is 27.5. The van der Waals surface area contributed by atoms with Gasteiger partial charge in [0.1, 0.15) is 6.67 Å². The second-order valence-electron chi connectivity index (χ2n) is 7.73. The highest BCUT2D eigenvalue weighted by atomic mass is 19.1. The Bertz CT molecular complexity index is 254. The Hall–Kier alpha value is -0.230. The van der Waals surface area contributed by atoms with Crippen LogP contribution in [0.2, 0.25) is 0 Å². The van der Waals surface area contributed by atoms with Gasteiger partial charge in [0.25, 0.3) is 0 Å². The number of halogens is 1. The topological polar surface area (TPSA) is 36.9 Å². The van der Waals surface area contributed by atoms with E-state index in [1.165, 1.54) is 83.5 Å². The van der Waals surface area contributed by atoms with Gasteiger partial charge in [-0.15, -0.1) is 0 Å². The van der Waals surface area contributed by atoms with E-state index >= 15 is 0 Å². The van der Waals surface area contributed by atoms with E-state index in [2.05, 4.69) is 6.92 Å². The number of unbranched alkanes of at least 4 members (excludes halogenated alkanes) is 13. The lowest BCUT2D eigenvalue weighted by Crippen LogP contribution is -2.12. The van der Waals surface area contributed by atoms with E-state index in [0.29, 0.717) is 39.6 Å². The molecule has 0 aromatic carbocycles. The van der Waals surface area contributed by atoms with Gasteiger partial charge in [-0.2, -0.15) is 0 Å². The summed E-state index contributed by atoms with van der Waals surface area (Å²) in [5.41, 5.74) is 0. The van der Waals surface area contributed by atoms with Crippen molar-refractivity contribution in [1.82, 2.24) is 0 Å². The SMILES string of the molecule is CCCCCCCCCCCCCCCCOCCOCCOCCOCCF. The fraction of sp³-hybridized carbons (Fsp3) is 1.00. The van der Waals surface area contributed by atoms with Crippen molar-refractivity contribution < 1.29 is 23.3 Å². The van der Waals surface area contributed by atoms with Gasteiger partial charge in [-0.3, -0.25) is 0 Å². The molecular formula is C24H49FO4. The predicted octanol–water partition coefficient (Wildman–Crippen LogP) is 6.50. The number of hydrogen-bond acceptors (Lipinski definition) is 4. The maximum absolute atomic E-state index is 11.8. The number of hydrogen-bond donors (Lipinski definition) is 0. The van der Waals surface area contributed by atoms with Crippen LogP contribution in [0, 0.1) is 0 Å². The largest absolute Gasteiger partial charge is 0.379 e. The molecule has 0 saturated heterocycles. The summed E-state index contributed by atoms with van der Waals surface area (Å²) in [5.74, 6) is 0. The van der Waals surface area contributed by atoms with Gasteiger partial charge in [-0.05, 0) is 6.42 Å². The molecule has 0 bridgehead atoms. The molecule has 0 aliphatic rings. The smallest absolute Gasteiger partial charge is 0.113 e. The lowest BCUT2D eigenvalue weighted by atomic mass is 10.0. The van der Waals surface area contributed by atoms with Crippen LogP contribution in [0.4, 0.5) is 4.39 Å². The van der Waals surface area contributed by atoms with Gasteiger partial charge in [0.15, 0.2) is 0 Å². The highest BCUT2D eigenvalue weighted by Gasteiger charge is 1.95. The van der Waals surface area contributed by atoms with E-state index in [0.717, 1.165) is 13.0 Å². The second kappa shape index (κ2) is 27.8. The summed E-state index contributed by atoms with van der Waals surface area (Å²) in [5, 5.41) is 0. The molecule has 176 valence electrons. The van der Waals surface area contributed by atoms with Crippen LogP contribution in [0.3, 0.4) is 0 Å². The second-order valence-corrected chi connectivity index (χ2v) is 7.73. The van der Waals surface area contributed by atoms with Crippen LogP contribution < -0.4 is 0 Å². The first-order chi connectivity index (χ1) is 14.4. The Morgan fingerprint density at radius 1 is 0.379 bits per heavy atom. The molecule has 0 aliphatic carbocycles. The van der Waals surface area contributed by atoms with Crippen molar-refractivity contribution in [2.45, 2.75) is 96.8 Å². The molecule has 29 heavy (non-hydrogen) atoms. The zero-order chi connectivity index (χ0) is 21.1. The normalized spacial score (nSPS) is 11.4. The first-order valence-corrected chi connectivity index (χ1v) is 12.3. The molecule has 0 saturated carbocycles. The van der Waals surface area contributed by atoms with E-state index in [1.54, 1.807) is 0 Å². The van der Waals surface area contributed by atoms with E-state index in [1.807, 2.05) is 0 Å². The minimum absolute atomic E-state index is 0.149. The zero-order valence-corrected chi connectivity index (χ0v) is 19.3. The monoisotopic (exact) mass is 420 g/mol. The lowest BCUT2D eigenvalue weighted by Gasteiger charge is -2.07. The van der Waals surface area contributed by atoms with Crippen LogP contribution in [0.15, 0.2) is 0 Å². The van der Waals surface area contributed by atoms with Crippen molar-refractivity contribution in [3.05, 3.63) is 0 Å². The maximum Gasteiger partial charge on any atom is 0.113 e. The summed E-state index contributed by atoms with van der Waals surface area (Å²) >= 11 is 0. The maximum atomic E-state index is 11.8. The summed E-state index contributed by atoms with van der Waals surface area (Å²) in [7, 11) is 0. The Labute approximate surface area is 180 Å². The van der Waals surface area contributed by atoms with Crippen LogP contribution in [0.25, 0.3) is 0 Å². The van der Waals surface area contributed by atoms with E-state index in [-0.39, 0.29) is 6.61 Å². The van der Waals surface area contributed by atoms with Gasteiger partial charge in [-0.1, -0.05) is 90.4 Å². The van der Waals surface area contributed by atoms with Gasteiger partial charge in [0, 0.05) is 6.61 Å². The minimum atomic E-state index is -0.442. The van der Waals surface area contributed by atoms with Crippen LogP contribution in [-0.4, -0.2) is 59.5 Å². The molecule has 0 fully saturated rings. The first kappa shape index (κ1) is 28.8. The van der Waals surface area contributed by atoms with Crippen molar-refractivity contribution in [2.75, 3.05) is 59.5 Å². The lowest BCUT2D eigenvalue weighted by molar-refractivity contribution is -0.00328. The van der Waals surface area contributed by atoms with Crippen molar-refractivity contribution in [2.24, 2.45) is 0 Å². The molecule has 0 unspecified atom stereocenters. The van der Waals surface area contributed by atoms with E-state index < -0.39 is 6.67 Å². The summed E-state index contributed by atoms with van der Waals surface area (Å²) < 4.78 is 33.1. The van der Waals surface area contributed by atoms with Gasteiger partial charge >= 0.3 is 0 Å². The van der Waals surface area contributed by atoms with E-state index in [9.17, 15) is 4.39 Å². The first-order valence-electron chi connectivity index (χ1n) is 12.3. The van der Waals surface area contributed by atoms with Crippen molar-refractivity contribution >= 4 is 0 Å². The summed E-state index contributed by atoms with van der Waals surface area (Å²) in [4.78, 5) is 0. The Morgan fingerprint density at radius 3 is 1.07 bits per heavy atom. The third kappa shape index (κ3) is 27.8. The van der Waals surface area contributed by atoms with Gasteiger partial charge < -0.3 is 18.9 Å². The summed E-state index contributed by atoms with van der Waals surface area (Å²) in [6, 6.07) is 0. The Balaban J connectivity index is 2.97. The average Bonchev–Trinajstić information content (AvgIpc) is 2.74. The van der Waals surface area contributed by atoms with Crippen molar-refractivity contribution in [3.63, 3.8) is 0 Å². The molecule has 0 aromatic rings. The summed E-state index contributed by atoms with van der Waals surface area (Å²) in [6.45, 7) is 6.11. The molecule has 5 heteroatoms. The molecule has 0 rings (SSSR count). The van der Waals surface area contributed by atoms with Gasteiger partial charge in [0.05, 0.1) is 46.2 Å². The average molecular weight is 421 g/mol. The molecule has 4 nitrogen and oxygen atoms in total. The standard InChI is InChI=1S/C24H49FO4/c1-2-3-4-5-6-7-8-9-10-11-12-13-14-15-17-26-19-21-28-23-24-29-22-20-27-18-16-25/h2-24H2,1H3. The van der Waals surface area contributed by atoms with Crippen molar-refractivity contribution in [3.8, 4) is 0 Å². The third-order valence-corrected chi connectivity index (χ3v) is 4.98. The van der Waals surface area contributed by atoms with Crippen LogP contribution >= 0.6 is 0 Å². The molecule has 0 atom stereocenters. The summed E-state index contributed by atoms with van der Waals surface area (Å²) in [6.07, 6.45) is 19.3. The van der Waals surface area contributed by atoms with Crippen LogP contribution in [0.1, 0.15) is 96.8 Å². The highest BCUT2D eigenvalue weighted by molar-refractivity contribution is 4.49. The molecule has 0 amide bonds. The molecule has 0 heterocycles.